The Morgan fingerprint density at radius 1 is 1.23 bits per heavy atom. The molecule has 4 aliphatic rings. The van der Waals surface area contributed by atoms with Crippen molar-refractivity contribution in [2.45, 2.75) is 56.7 Å². The molecular formula is C25H24N6O4. The number of nitrogens with one attached hydrogen (secondary N) is 2. The topological polar surface area (TPSA) is 126 Å². The van der Waals surface area contributed by atoms with E-state index in [1.165, 1.54) is 16.0 Å². The van der Waals surface area contributed by atoms with Gasteiger partial charge in [-0.05, 0) is 61.3 Å². The summed E-state index contributed by atoms with van der Waals surface area (Å²) in [5, 5.41) is 13.5. The standard InChI is InChI=1S/C25H24N6O4/c1-2-25(11-14-4-3-5-18(14)25)27-22(33)19-13-31(29-28-19)16-6-7-17-15(10-16)12-30(24(17)35)20-8-9-21(32)26-23(20)34/h1,6-7,10,13-14,18,20H,3-5,8-9,11-12H2,(H,27,33)(H,26,32,34). The number of benzene rings is 1. The van der Waals surface area contributed by atoms with Crippen LogP contribution in [0.1, 0.15) is 64.9 Å². The molecule has 1 aromatic heterocycles. The Morgan fingerprint density at radius 3 is 2.86 bits per heavy atom. The highest BCUT2D eigenvalue weighted by atomic mass is 16.2. The predicted molar refractivity (Wildman–Crippen MR) is 122 cm³/mol. The summed E-state index contributed by atoms with van der Waals surface area (Å²) in [6.45, 7) is 0.254. The second-order valence-corrected chi connectivity index (χ2v) is 9.86. The van der Waals surface area contributed by atoms with Gasteiger partial charge in [0.05, 0.1) is 11.9 Å². The zero-order valence-corrected chi connectivity index (χ0v) is 19.0. The molecule has 2 N–H and O–H groups in total. The van der Waals surface area contributed by atoms with Crippen LogP contribution >= 0.6 is 0 Å². The summed E-state index contributed by atoms with van der Waals surface area (Å²) in [4.78, 5) is 51.0. The highest BCUT2D eigenvalue weighted by Gasteiger charge is 2.55. The Hall–Kier alpha value is -4.00. The molecule has 10 heteroatoms. The molecule has 4 unspecified atom stereocenters. The molecule has 3 fully saturated rings. The van der Waals surface area contributed by atoms with Gasteiger partial charge >= 0.3 is 0 Å². The molecule has 1 saturated heterocycles. The van der Waals surface area contributed by atoms with Gasteiger partial charge < -0.3 is 10.2 Å². The van der Waals surface area contributed by atoms with E-state index in [0.29, 0.717) is 29.5 Å². The molecule has 4 amide bonds. The van der Waals surface area contributed by atoms with E-state index < -0.39 is 17.5 Å². The average Bonchev–Trinajstić information content (AvgIpc) is 3.55. The van der Waals surface area contributed by atoms with Gasteiger partial charge in [0.25, 0.3) is 11.8 Å². The monoisotopic (exact) mass is 472 g/mol. The number of rotatable bonds is 4. The lowest BCUT2D eigenvalue weighted by Crippen LogP contribution is -2.62. The third kappa shape index (κ3) is 3.33. The van der Waals surface area contributed by atoms with E-state index in [-0.39, 0.29) is 36.4 Å². The number of aromatic nitrogens is 3. The van der Waals surface area contributed by atoms with Crippen molar-refractivity contribution in [3.8, 4) is 18.0 Å². The summed E-state index contributed by atoms with van der Waals surface area (Å²) in [6, 6.07) is 4.53. The van der Waals surface area contributed by atoms with Crippen molar-refractivity contribution in [1.82, 2.24) is 30.5 Å². The summed E-state index contributed by atoms with van der Waals surface area (Å²) in [7, 11) is 0. The Kier molecular flexibility index (Phi) is 4.78. The van der Waals surface area contributed by atoms with E-state index in [1.807, 2.05) is 0 Å². The molecule has 0 radical (unpaired) electrons. The minimum absolute atomic E-state index is 0.169. The molecule has 4 atom stereocenters. The number of hydrogen-bond acceptors (Lipinski definition) is 6. The Morgan fingerprint density at radius 2 is 2.09 bits per heavy atom. The van der Waals surface area contributed by atoms with Crippen LogP contribution in [-0.4, -0.2) is 55.1 Å². The molecule has 2 saturated carbocycles. The van der Waals surface area contributed by atoms with Crippen LogP contribution in [0.3, 0.4) is 0 Å². The fourth-order valence-electron chi connectivity index (χ4n) is 6.14. The van der Waals surface area contributed by atoms with Crippen molar-refractivity contribution in [2.75, 3.05) is 0 Å². The summed E-state index contributed by atoms with van der Waals surface area (Å²) in [5.41, 5.74) is 1.45. The first kappa shape index (κ1) is 21.5. The molecule has 0 spiro atoms. The molecule has 10 nitrogen and oxygen atoms in total. The largest absolute Gasteiger partial charge is 0.334 e. The van der Waals surface area contributed by atoms with Crippen molar-refractivity contribution < 1.29 is 19.2 Å². The summed E-state index contributed by atoms with van der Waals surface area (Å²) < 4.78 is 1.48. The first-order valence-electron chi connectivity index (χ1n) is 11.9. The lowest BCUT2D eigenvalue weighted by Gasteiger charge is -2.49. The lowest BCUT2D eigenvalue weighted by atomic mass is 9.61. The van der Waals surface area contributed by atoms with Gasteiger partial charge in [0.15, 0.2) is 5.69 Å². The molecule has 1 aromatic carbocycles. The number of piperidine rings is 1. The Bertz CT molecular complexity index is 1330. The number of imide groups is 1. The second kappa shape index (κ2) is 7.77. The van der Waals surface area contributed by atoms with Gasteiger partial charge in [-0.15, -0.1) is 11.5 Å². The maximum absolute atomic E-state index is 12.9. The molecule has 2 aromatic rings. The van der Waals surface area contributed by atoms with Crippen LogP contribution in [0.25, 0.3) is 5.69 Å². The van der Waals surface area contributed by atoms with Crippen LogP contribution in [0.5, 0.6) is 0 Å². The molecular weight excluding hydrogens is 448 g/mol. The molecule has 2 aliphatic heterocycles. The van der Waals surface area contributed by atoms with Gasteiger partial charge in [-0.2, -0.15) is 0 Å². The SMILES string of the molecule is C#CC1(NC(=O)c2cn(-c3ccc4c(c3)CN(C3CCC(=O)NC3=O)C4=O)nn2)CC2CCCC21. The van der Waals surface area contributed by atoms with E-state index in [4.69, 9.17) is 6.42 Å². The number of fused-ring (bicyclic) bond motifs is 2. The average molecular weight is 473 g/mol. The zero-order chi connectivity index (χ0) is 24.3. The third-order valence-corrected chi connectivity index (χ3v) is 7.97. The van der Waals surface area contributed by atoms with Gasteiger partial charge in [0.2, 0.25) is 11.8 Å². The first-order valence-corrected chi connectivity index (χ1v) is 11.9. The normalized spacial score (nSPS) is 29.2. The third-order valence-electron chi connectivity index (χ3n) is 7.97. The second-order valence-electron chi connectivity index (χ2n) is 9.86. The molecule has 178 valence electrons. The molecule has 3 heterocycles. The maximum Gasteiger partial charge on any atom is 0.274 e. The molecule has 35 heavy (non-hydrogen) atoms. The van der Waals surface area contributed by atoms with Gasteiger partial charge in [-0.3, -0.25) is 24.5 Å². The quantitative estimate of drug-likeness (QED) is 0.504. The smallest absolute Gasteiger partial charge is 0.274 e. The van der Waals surface area contributed by atoms with E-state index in [1.54, 1.807) is 24.4 Å². The minimum atomic E-state index is -0.674. The van der Waals surface area contributed by atoms with Crippen molar-refractivity contribution >= 4 is 23.6 Å². The van der Waals surface area contributed by atoms with Crippen molar-refractivity contribution in [3.05, 3.63) is 41.2 Å². The number of terminal acetylenes is 1. The van der Waals surface area contributed by atoms with Crippen LogP contribution in [0, 0.1) is 24.2 Å². The number of hydrogen-bond donors (Lipinski definition) is 2. The van der Waals surface area contributed by atoms with Gasteiger partial charge in [0, 0.05) is 18.5 Å². The first-order chi connectivity index (χ1) is 16.9. The maximum atomic E-state index is 12.9. The van der Waals surface area contributed by atoms with Crippen molar-refractivity contribution in [3.63, 3.8) is 0 Å². The summed E-state index contributed by atoms with van der Waals surface area (Å²) in [5.74, 6) is 2.38. The molecule has 0 bridgehead atoms. The van der Waals surface area contributed by atoms with Crippen LogP contribution in [0.2, 0.25) is 0 Å². The highest BCUT2D eigenvalue weighted by molar-refractivity contribution is 6.05. The van der Waals surface area contributed by atoms with E-state index in [2.05, 4.69) is 26.9 Å². The Labute approximate surface area is 201 Å². The predicted octanol–water partition coefficient (Wildman–Crippen LogP) is 0.950. The minimum Gasteiger partial charge on any atom is -0.334 e. The molecule has 2 aliphatic carbocycles. The fraction of sp³-hybridized carbons (Fsp3) is 0.440. The van der Waals surface area contributed by atoms with Crippen LogP contribution in [-0.2, 0) is 16.1 Å². The van der Waals surface area contributed by atoms with Crippen LogP contribution < -0.4 is 10.6 Å². The van der Waals surface area contributed by atoms with E-state index in [9.17, 15) is 19.2 Å². The fourth-order valence-corrected chi connectivity index (χ4v) is 6.14. The van der Waals surface area contributed by atoms with Gasteiger partial charge in [-0.1, -0.05) is 17.6 Å². The van der Waals surface area contributed by atoms with Gasteiger partial charge in [-0.25, -0.2) is 4.68 Å². The number of carbonyl (C=O) groups excluding carboxylic acids is 4. The van der Waals surface area contributed by atoms with Crippen LogP contribution in [0.15, 0.2) is 24.4 Å². The molecule has 6 rings (SSSR count). The zero-order valence-electron chi connectivity index (χ0n) is 19.0. The van der Waals surface area contributed by atoms with Crippen molar-refractivity contribution in [2.24, 2.45) is 11.8 Å². The lowest BCUT2D eigenvalue weighted by molar-refractivity contribution is -0.136. The van der Waals surface area contributed by atoms with E-state index in [0.717, 1.165) is 24.8 Å². The van der Waals surface area contributed by atoms with Crippen LogP contribution in [0.4, 0.5) is 0 Å². The summed E-state index contributed by atoms with van der Waals surface area (Å²) in [6.07, 6.45) is 12.0. The van der Waals surface area contributed by atoms with Crippen molar-refractivity contribution in [1.29, 1.82) is 0 Å². The highest BCUT2D eigenvalue weighted by Crippen LogP contribution is 2.53. The number of nitrogens with zero attached hydrogens (tertiary/aromatic N) is 4. The summed E-state index contributed by atoms with van der Waals surface area (Å²) >= 11 is 0. The van der Waals surface area contributed by atoms with E-state index >= 15 is 0 Å². The number of carbonyl (C=O) groups is 4. The Balaban J connectivity index is 1.18. The number of amides is 4. The van der Waals surface area contributed by atoms with Gasteiger partial charge in [0.1, 0.15) is 11.6 Å².